The van der Waals surface area contributed by atoms with Crippen molar-refractivity contribution in [2.75, 3.05) is 25.5 Å². The van der Waals surface area contributed by atoms with Gasteiger partial charge in [-0.1, -0.05) is 25.7 Å². The van der Waals surface area contributed by atoms with Crippen molar-refractivity contribution in [2.24, 2.45) is 11.3 Å². The molecule has 3 aliphatic carbocycles. The summed E-state index contributed by atoms with van der Waals surface area (Å²) >= 11 is 0. The zero-order valence-corrected chi connectivity index (χ0v) is 22.1. The fourth-order valence-corrected chi connectivity index (χ4v) is 6.59. The summed E-state index contributed by atoms with van der Waals surface area (Å²) in [6.07, 6.45) is 9.80. The number of carboxylic acid groups (broad SMARTS) is 1. The van der Waals surface area contributed by atoms with Crippen molar-refractivity contribution in [3.05, 3.63) is 12.7 Å². The molecular weight excluding hydrogens is 517 g/mol. The number of carbonyl (C=O) groups is 2. The van der Waals surface area contributed by atoms with Gasteiger partial charge in [0.05, 0.1) is 36.4 Å². The van der Waals surface area contributed by atoms with E-state index in [4.69, 9.17) is 24.3 Å². The summed E-state index contributed by atoms with van der Waals surface area (Å²) < 4.78 is 38.1. The number of imidazole rings is 1. The van der Waals surface area contributed by atoms with Crippen molar-refractivity contribution in [2.45, 2.75) is 76.4 Å². The van der Waals surface area contributed by atoms with Gasteiger partial charge >= 0.3 is 19.5 Å². The number of ether oxygens (including phenoxy) is 2. The molecule has 5 rings (SSSR count). The first-order chi connectivity index (χ1) is 18.2. The molecule has 0 saturated heterocycles. The van der Waals surface area contributed by atoms with Crippen LogP contribution in [0.3, 0.4) is 0 Å². The zero-order valence-electron chi connectivity index (χ0n) is 21.2. The molecule has 0 bridgehead atoms. The molecule has 0 amide bonds. The van der Waals surface area contributed by atoms with Gasteiger partial charge in [0.15, 0.2) is 11.5 Å². The van der Waals surface area contributed by atoms with Crippen LogP contribution in [0.4, 0.5) is 5.82 Å². The first-order valence-electron chi connectivity index (χ1n) is 13.1. The van der Waals surface area contributed by atoms with E-state index in [0.29, 0.717) is 43.4 Å². The zero-order chi connectivity index (χ0) is 26.8. The maximum atomic E-state index is 13.8. The van der Waals surface area contributed by atoms with Gasteiger partial charge in [0, 0.05) is 0 Å². The smallest absolute Gasteiger partial charge is 0.359 e. The van der Waals surface area contributed by atoms with Crippen molar-refractivity contribution in [3.8, 4) is 0 Å². The minimum Gasteiger partial charge on any atom is -0.481 e. The highest BCUT2D eigenvalue weighted by atomic mass is 31.2. The average Bonchev–Trinajstić information content (AvgIpc) is 3.33. The number of aliphatic carboxylic acids is 1. The number of rotatable bonds is 13. The van der Waals surface area contributed by atoms with Gasteiger partial charge in [-0.05, 0) is 38.5 Å². The number of aromatic nitrogens is 4. The van der Waals surface area contributed by atoms with E-state index in [2.05, 4.69) is 15.0 Å². The van der Waals surface area contributed by atoms with Gasteiger partial charge in [-0.3, -0.25) is 18.7 Å². The van der Waals surface area contributed by atoms with E-state index < -0.39 is 37.7 Å². The van der Waals surface area contributed by atoms with Crippen molar-refractivity contribution in [3.63, 3.8) is 0 Å². The quantitative estimate of drug-likeness (QED) is 0.211. The summed E-state index contributed by atoms with van der Waals surface area (Å²) in [6.45, 7) is -0.435. The Hall–Kier alpha value is -2.60. The summed E-state index contributed by atoms with van der Waals surface area (Å²) in [7, 11) is -3.98. The highest BCUT2D eigenvalue weighted by Crippen LogP contribution is 2.54. The summed E-state index contributed by atoms with van der Waals surface area (Å²) in [5.41, 5.74) is 5.17. The van der Waals surface area contributed by atoms with Crippen LogP contribution in [-0.4, -0.2) is 61.9 Å². The maximum Gasteiger partial charge on any atom is 0.359 e. The standard InChI is InChI=1S/C24H34N5O8P/c25-19-18-20(27-13-26-19)29(14-28-18)11-24(9-10-24)35-16-38(33,36-12-23(22(31)32)7-3-4-8-23)37-15-34-21(30)17-5-1-2-6-17/h13-14,17H,1-12,15-16H2,(H,31,32)(H2,25,26,27). The minimum atomic E-state index is -3.98. The highest BCUT2D eigenvalue weighted by Gasteiger charge is 2.48. The summed E-state index contributed by atoms with van der Waals surface area (Å²) in [5, 5.41) is 9.81. The Bertz CT molecular complexity index is 1220. The van der Waals surface area contributed by atoms with Gasteiger partial charge in [-0.2, -0.15) is 0 Å². The second-order valence-electron chi connectivity index (χ2n) is 10.6. The van der Waals surface area contributed by atoms with Crippen LogP contribution in [0.5, 0.6) is 0 Å². The molecule has 14 heteroatoms. The number of nitrogens with zero attached hydrogens (tertiary/aromatic N) is 4. The number of nitrogens with two attached hydrogens (primary N) is 1. The van der Waals surface area contributed by atoms with Gasteiger partial charge in [-0.25, -0.2) is 15.0 Å². The van der Waals surface area contributed by atoms with Gasteiger partial charge in [-0.15, -0.1) is 0 Å². The molecule has 0 aliphatic heterocycles. The Morgan fingerprint density at radius 3 is 2.50 bits per heavy atom. The van der Waals surface area contributed by atoms with Crippen LogP contribution in [0, 0.1) is 11.3 Å². The summed E-state index contributed by atoms with van der Waals surface area (Å²) in [4.78, 5) is 36.8. The molecule has 0 aromatic carbocycles. The number of anilines is 1. The van der Waals surface area contributed by atoms with Crippen molar-refractivity contribution in [1.29, 1.82) is 0 Å². The Morgan fingerprint density at radius 1 is 1.08 bits per heavy atom. The fraction of sp³-hybridized carbons (Fsp3) is 0.708. The van der Waals surface area contributed by atoms with Crippen LogP contribution in [0.25, 0.3) is 11.2 Å². The van der Waals surface area contributed by atoms with Gasteiger partial charge in [0.2, 0.25) is 6.79 Å². The average molecular weight is 552 g/mol. The molecule has 38 heavy (non-hydrogen) atoms. The lowest BCUT2D eigenvalue weighted by Gasteiger charge is -2.28. The van der Waals surface area contributed by atoms with E-state index in [1.165, 1.54) is 6.33 Å². The van der Waals surface area contributed by atoms with Gasteiger partial charge in [0.1, 0.15) is 18.2 Å². The fourth-order valence-electron chi connectivity index (χ4n) is 5.28. The monoisotopic (exact) mass is 551 g/mol. The lowest BCUT2D eigenvalue weighted by Crippen LogP contribution is -2.33. The lowest BCUT2D eigenvalue weighted by molar-refractivity contribution is -0.155. The maximum absolute atomic E-state index is 13.8. The molecule has 2 aromatic heterocycles. The van der Waals surface area contributed by atoms with E-state index in [1.54, 1.807) is 10.9 Å². The van der Waals surface area contributed by atoms with Gasteiger partial charge < -0.3 is 29.4 Å². The molecule has 0 radical (unpaired) electrons. The second kappa shape index (κ2) is 10.9. The van der Waals surface area contributed by atoms with Crippen LogP contribution in [0.1, 0.15) is 64.2 Å². The molecule has 1 atom stereocenters. The van der Waals surface area contributed by atoms with Crippen molar-refractivity contribution in [1.82, 2.24) is 19.5 Å². The molecule has 3 N–H and O–H groups in total. The van der Waals surface area contributed by atoms with Crippen LogP contribution < -0.4 is 5.73 Å². The Balaban J connectivity index is 1.24. The van der Waals surface area contributed by atoms with Crippen LogP contribution in [0.2, 0.25) is 0 Å². The third kappa shape index (κ3) is 5.85. The first kappa shape index (κ1) is 27.0. The van der Waals surface area contributed by atoms with Crippen LogP contribution >= 0.6 is 7.60 Å². The molecule has 1 unspecified atom stereocenters. The highest BCUT2D eigenvalue weighted by molar-refractivity contribution is 7.53. The number of carbonyl (C=O) groups excluding carboxylic acids is 1. The topological polar surface area (TPSA) is 178 Å². The molecular formula is C24H34N5O8P. The molecule has 0 spiro atoms. The van der Waals surface area contributed by atoms with E-state index in [1.807, 2.05) is 0 Å². The molecule has 3 fully saturated rings. The van der Waals surface area contributed by atoms with Gasteiger partial charge in [0.25, 0.3) is 0 Å². The largest absolute Gasteiger partial charge is 0.481 e. The van der Waals surface area contributed by atoms with Crippen molar-refractivity contribution < 1.29 is 37.8 Å². The minimum absolute atomic E-state index is 0.179. The SMILES string of the molecule is Nc1ncnc2c1ncn2CC1(OCP(=O)(OCOC(=O)C2CCCC2)OCC2(C(=O)O)CCCC2)CC1. The van der Waals surface area contributed by atoms with E-state index in [-0.39, 0.29) is 24.3 Å². The van der Waals surface area contributed by atoms with Crippen LogP contribution in [-0.2, 0) is 39.2 Å². The summed E-state index contributed by atoms with van der Waals surface area (Å²) in [6, 6.07) is 0. The Labute approximate surface area is 219 Å². The van der Waals surface area contributed by atoms with Crippen molar-refractivity contribution >= 4 is 36.5 Å². The molecule has 13 nitrogen and oxygen atoms in total. The lowest BCUT2D eigenvalue weighted by atomic mass is 9.88. The first-order valence-corrected chi connectivity index (χ1v) is 14.8. The number of fused-ring (bicyclic) bond motifs is 1. The summed E-state index contributed by atoms with van der Waals surface area (Å²) in [5.74, 6) is -1.28. The number of carboxylic acids is 1. The normalized spacial score (nSPS) is 21.9. The molecule has 3 saturated carbocycles. The molecule has 2 heterocycles. The Morgan fingerprint density at radius 2 is 1.82 bits per heavy atom. The third-order valence-electron chi connectivity index (χ3n) is 7.92. The van der Waals surface area contributed by atoms with Crippen LogP contribution in [0.15, 0.2) is 12.7 Å². The predicted octanol–water partition coefficient (Wildman–Crippen LogP) is 3.48. The number of hydrogen-bond donors (Lipinski definition) is 2. The Kier molecular flexibility index (Phi) is 7.72. The third-order valence-corrected chi connectivity index (χ3v) is 9.38. The van der Waals surface area contributed by atoms with E-state index >= 15 is 0 Å². The van der Waals surface area contributed by atoms with E-state index in [9.17, 15) is 19.3 Å². The number of hydrogen-bond acceptors (Lipinski definition) is 11. The molecule has 2 aromatic rings. The second-order valence-corrected chi connectivity index (χ2v) is 12.6. The molecule has 3 aliphatic rings. The molecule has 208 valence electrons. The number of nitrogen functional groups attached to an aromatic ring is 1. The predicted molar refractivity (Wildman–Crippen MR) is 134 cm³/mol. The number of esters is 1. The van der Waals surface area contributed by atoms with E-state index in [0.717, 1.165) is 38.5 Å².